The van der Waals surface area contributed by atoms with Crippen molar-refractivity contribution in [3.05, 3.63) is 59.1 Å². The van der Waals surface area contributed by atoms with Crippen LogP contribution in [0.2, 0.25) is 0 Å². The van der Waals surface area contributed by atoms with Crippen LogP contribution in [0.3, 0.4) is 0 Å². The Morgan fingerprint density at radius 3 is 2.23 bits per heavy atom. The van der Waals surface area contributed by atoms with Crippen molar-refractivity contribution in [2.24, 2.45) is 0 Å². The maximum Gasteiger partial charge on any atom is 0.256 e. The van der Waals surface area contributed by atoms with E-state index in [1.807, 2.05) is 19.1 Å². The second kappa shape index (κ2) is 8.66. The molecule has 0 fully saturated rings. The second-order valence-corrected chi connectivity index (χ2v) is 6.57. The highest BCUT2D eigenvalue weighted by atomic mass is 16.5. The van der Waals surface area contributed by atoms with Crippen molar-refractivity contribution in [3.63, 3.8) is 0 Å². The number of nitrogens with one attached hydrogen (secondary N) is 1. The number of benzene rings is 1. The SMILES string of the molecule is COc1cc(C(C)NC(=O)c2c(C)oc(-n3cccc3)c2C#N)cc(OC)c1OC. The molecule has 1 unspecified atom stereocenters. The first-order chi connectivity index (χ1) is 14.4. The standard InChI is InChI=1S/C22H23N3O5/c1-13(15-10-17(27-3)20(29-5)18(11-15)28-4)24-21(26)19-14(2)30-22(16(19)12-23)25-8-6-7-9-25/h6-11,13H,1-5H3,(H,24,26). The highest BCUT2D eigenvalue weighted by Crippen LogP contribution is 2.39. The molecule has 0 aliphatic rings. The highest BCUT2D eigenvalue weighted by molar-refractivity contribution is 5.98. The van der Waals surface area contributed by atoms with E-state index in [9.17, 15) is 10.1 Å². The smallest absolute Gasteiger partial charge is 0.256 e. The van der Waals surface area contributed by atoms with E-state index in [0.717, 1.165) is 5.56 Å². The van der Waals surface area contributed by atoms with Gasteiger partial charge in [-0.25, -0.2) is 0 Å². The Morgan fingerprint density at radius 2 is 1.73 bits per heavy atom. The van der Waals surface area contributed by atoms with Gasteiger partial charge in [0.2, 0.25) is 11.6 Å². The molecule has 0 spiro atoms. The number of amides is 1. The number of carbonyl (C=O) groups excluding carboxylic acids is 1. The van der Waals surface area contributed by atoms with Gasteiger partial charge in [-0.1, -0.05) is 0 Å². The van der Waals surface area contributed by atoms with Crippen LogP contribution < -0.4 is 19.5 Å². The fourth-order valence-electron chi connectivity index (χ4n) is 3.26. The topological polar surface area (TPSA) is 98.7 Å². The van der Waals surface area contributed by atoms with Crippen molar-refractivity contribution in [2.75, 3.05) is 21.3 Å². The molecular formula is C22H23N3O5. The van der Waals surface area contributed by atoms with Gasteiger partial charge in [0.05, 0.1) is 27.4 Å². The van der Waals surface area contributed by atoms with Crippen molar-refractivity contribution in [2.45, 2.75) is 19.9 Å². The fraction of sp³-hybridized carbons (Fsp3) is 0.273. The summed E-state index contributed by atoms with van der Waals surface area (Å²) in [6, 6.07) is 8.85. The second-order valence-electron chi connectivity index (χ2n) is 6.57. The molecule has 1 atom stereocenters. The van der Waals surface area contributed by atoms with Gasteiger partial charge in [-0.3, -0.25) is 9.36 Å². The maximum atomic E-state index is 13.0. The van der Waals surface area contributed by atoms with Gasteiger partial charge in [0.1, 0.15) is 23.0 Å². The molecule has 0 saturated heterocycles. The van der Waals surface area contributed by atoms with Gasteiger partial charge in [0.15, 0.2) is 11.5 Å². The van der Waals surface area contributed by atoms with Crippen LogP contribution in [0.15, 0.2) is 41.1 Å². The lowest BCUT2D eigenvalue weighted by atomic mass is 10.1. The Labute approximate surface area is 174 Å². The Morgan fingerprint density at radius 1 is 1.13 bits per heavy atom. The number of ether oxygens (including phenoxy) is 3. The third-order valence-corrected chi connectivity index (χ3v) is 4.78. The largest absolute Gasteiger partial charge is 0.493 e. The van der Waals surface area contributed by atoms with Crippen molar-refractivity contribution < 1.29 is 23.4 Å². The predicted octanol–water partition coefficient (Wildman–Crippen LogP) is 3.77. The third kappa shape index (κ3) is 3.70. The summed E-state index contributed by atoms with van der Waals surface area (Å²) in [5, 5.41) is 12.6. The van der Waals surface area contributed by atoms with Crippen molar-refractivity contribution >= 4 is 5.91 Å². The van der Waals surface area contributed by atoms with Crippen LogP contribution in [0, 0.1) is 18.3 Å². The lowest BCUT2D eigenvalue weighted by Crippen LogP contribution is -2.27. The summed E-state index contributed by atoms with van der Waals surface area (Å²) in [4.78, 5) is 13.0. The third-order valence-electron chi connectivity index (χ3n) is 4.78. The minimum atomic E-state index is -0.410. The van der Waals surface area contributed by atoms with Gasteiger partial charge < -0.3 is 23.9 Å². The van der Waals surface area contributed by atoms with E-state index in [2.05, 4.69) is 11.4 Å². The summed E-state index contributed by atoms with van der Waals surface area (Å²) in [5.41, 5.74) is 1.14. The average Bonchev–Trinajstić information content (AvgIpc) is 3.39. The van der Waals surface area contributed by atoms with Crippen LogP contribution in [-0.2, 0) is 0 Å². The summed E-state index contributed by atoms with van der Waals surface area (Å²) < 4.78 is 23.5. The molecule has 156 valence electrons. The molecule has 2 heterocycles. The zero-order chi connectivity index (χ0) is 21.8. The maximum absolute atomic E-state index is 13.0. The quantitative estimate of drug-likeness (QED) is 0.638. The van der Waals surface area contributed by atoms with E-state index in [-0.39, 0.29) is 11.1 Å². The van der Waals surface area contributed by atoms with Crippen LogP contribution in [-0.4, -0.2) is 31.8 Å². The van der Waals surface area contributed by atoms with Crippen LogP contribution in [0.4, 0.5) is 0 Å². The molecule has 0 radical (unpaired) electrons. The first-order valence-corrected chi connectivity index (χ1v) is 9.22. The summed E-state index contributed by atoms with van der Waals surface area (Å²) in [6.07, 6.45) is 3.50. The molecule has 8 heteroatoms. The van der Waals surface area contributed by atoms with Gasteiger partial charge in [-0.15, -0.1) is 0 Å². The van der Waals surface area contributed by atoms with Gasteiger partial charge in [-0.2, -0.15) is 5.26 Å². The van der Waals surface area contributed by atoms with E-state index in [1.165, 1.54) is 21.3 Å². The van der Waals surface area contributed by atoms with Gasteiger partial charge in [0.25, 0.3) is 5.91 Å². The number of carbonyl (C=O) groups is 1. The number of aryl methyl sites for hydroxylation is 1. The number of nitrogens with zero attached hydrogens (tertiary/aromatic N) is 2. The molecule has 0 aliphatic carbocycles. The minimum Gasteiger partial charge on any atom is -0.493 e. The number of furan rings is 1. The Hall–Kier alpha value is -3.86. The minimum absolute atomic E-state index is 0.179. The molecular weight excluding hydrogens is 386 g/mol. The summed E-state index contributed by atoms with van der Waals surface area (Å²) in [6.45, 7) is 3.49. The molecule has 2 aromatic heterocycles. The molecule has 1 aromatic carbocycles. The van der Waals surface area contributed by atoms with E-state index in [1.54, 1.807) is 36.0 Å². The zero-order valence-electron chi connectivity index (χ0n) is 17.5. The Bertz CT molecular complexity index is 1070. The Balaban J connectivity index is 1.93. The number of aromatic nitrogens is 1. The lowest BCUT2D eigenvalue weighted by Gasteiger charge is -2.18. The molecule has 0 bridgehead atoms. The van der Waals surface area contributed by atoms with Crippen LogP contribution in [0.25, 0.3) is 5.88 Å². The molecule has 8 nitrogen and oxygen atoms in total. The van der Waals surface area contributed by atoms with Crippen molar-refractivity contribution in [1.29, 1.82) is 5.26 Å². The first-order valence-electron chi connectivity index (χ1n) is 9.22. The monoisotopic (exact) mass is 409 g/mol. The number of nitriles is 1. The fourth-order valence-corrected chi connectivity index (χ4v) is 3.26. The van der Waals surface area contributed by atoms with E-state index < -0.39 is 11.9 Å². The van der Waals surface area contributed by atoms with Gasteiger partial charge in [-0.05, 0) is 43.7 Å². The van der Waals surface area contributed by atoms with E-state index in [0.29, 0.717) is 28.9 Å². The van der Waals surface area contributed by atoms with Crippen LogP contribution in [0.5, 0.6) is 17.2 Å². The van der Waals surface area contributed by atoms with Gasteiger partial charge in [0, 0.05) is 12.4 Å². The number of rotatable bonds is 7. The normalized spacial score (nSPS) is 11.5. The highest BCUT2D eigenvalue weighted by Gasteiger charge is 2.26. The van der Waals surface area contributed by atoms with Crippen LogP contribution >= 0.6 is 0 Å². The predicted molar refractivity (Wildman–Crippen MR) is 109 cm³/mol. The average molecular weight is 409 g/mol. The summed E-state index contributed by atoms with van der Waals surface area (Å²) in [5.74, 6) is 1.71. The molecule has 30 heavy (non-hydrogen) atoms. The van der Waals surface area contributed by atoms with E-state index >= 15 is 0 Å². The number of hydrogen-bond acceptors (Lipinski definition) is 6. The lowest BCUT2D eigenvalue weighted by molar-refractivity contribution is 0.0938. The van der Waals surface area contributed by atoms with Crippen molar-refractivity contribution in [3.8, 4) is 29.2 Å². The first kappa shape index (κ1) is 20.9. The number of methoxy groups -OCH3 is 3. The van der Waals surface area contributed by atoms with Gasteiger partial charge >= 0.3 is 0 Å². The van der Waals surface area contributed by atoms with E-state index in [4.69, 9.17) is 18.6 Å². The molecule has 1 amide bonds. The molecule has 1 N–H and O–H groups in total. The summed E-state index contributed by atoms with van der Waals surface area (Å²) >= 11 is 0. The Kier molecular flexibility index (Phi) is 6.02. The zero-order valence-corrected chi connectivity index (χ0v) is 17.5. The molecule has 3 rings (SSSR count). The van der Waals surface area contributed by atoms with Crippen LogP contribution in [0.1, 0.15) is 40.2 Å². The molecule has 0 aliphatic heterocycles. The molecule has 3 aromatic rings. The molecule has 0 saturated carbocycles. The summed E-state index contributed by atoms with van der Waals surface area (Å²) in [7, 11) is 4.58. The number of hydrogen-bond donors (Lipinski definition) is 1. The van der Waals surface area contributed by atoms with Crippen molar-refractivity contribution in [1.82, 2.24) is 9.88 Å².